The number of thioether (sulfide) groups is 1. The molecule has 0 N–H and O–H groups in total. The topological polar surface area (TPSA) is 56.5 Å². The Bertz CT molecular complexity index is 991. The minimum absolute atomic E-state index is 0.0563. The minimum Gasteiger partial charge on any atom is -0.460 e. The van der Waals surface area contributed by atoms with Crippen LogP contribution in [0.4, 0.5) is 0 Å². The third-order valence-corrected chi connectivity index (χ3v) is 5.28. The molecule has 3 aromatic rings. The summed E-state index contributed by atoms with van der Waals surface area (Å²) in [4.78, 5) is 24.9. The van der Waals surface area contributed by atoms with Crippen molar-refractivity contribution in [2.45, 2.75) is 31.8 Å². The molecule has 3 rings (SSSR count). The van der Waals surface area contributed by atoms with Crippen molar-refractivity contribution < 1.29 is 13.9 Å². The highest BCUT2D eigenvalue weighted by Gasteiger charge is 2.10. The average Bonchev–Trinajstić information content (AvgIpc) is 2.64. The van der Waals surface area contributed by atoms with E-state index < -0.39 is 5.63 Å². The molecule has 0 atom stereocenters. The SMILES string of the molecule is CCc1ccc2c(COC(=O)CSc3ccccc3C)cc(=O)oc2c1. The zero-order valence-electron chi connectivity index (χ0n) is 14.8. The summed E-state index contributed by atoms with van der Waals surface area (Å²) in [7, 11) is 0. The van der Waals surface area contributed by atoms with Crippen molar-refractivity contribution >= 4 is 28.7 Å². The first-order valence-corrected chi connectivity index (χ1v) is 9.45. The molecule has 26 heavy (non-hydrogen) atoms. The molecule has 5 heteroatoms. The molecule has 134 valence electrons. The van der Waals surface area contributed by atoms with Gasteiger partial charge in [0.2, 0.25) is 0 Å². The minimum atomic E-state index is -0.439. The van der Waals surface area contributed by atoms with Crippen LogP contribution >= 0.6 is 11.8 Å². The summed E-state index contributed by atoms with van der Waals surface area (Å²) in [5.74, 6) is -0.0886. The van der Waals surface area contributed by atoms with Crippen LogP contribution in [0.3, 0.4) is 0 Å². The summed E-state index contributed by atoms with van der Waals surface area (Å²) in [6, 6.07) is 15.0. The van der Waals surface area contributed by atoms with Gasteiger partial charge in [0.1, 0.15) is 12.2 Å². The Morgan fingerprint density at radius 3 is 2.73 bits per heavy atom. The standard InChI is InChI=1S/C21H20O4S/c1-3-15-8-9-17-16(11-20(22)25-18(17)10-15)12-24-21(23)13-26-19-7-5-4-6-14(19)2/h4-11H,3,12-13H2,1-2H3. The summed E-state index contributed by atoms with van der Waals surface area (Å²) >= 11 is 1.45. The first-order chi connectivity index (χ1) is 12.6. The van der Waals surface area contributed by atoms with Gasteiger partial charge in [0, 0.05) is 21.9 Å². The quantitative estimate of drug-likeness (QED) is 0.364. The van der Waals surface area contributed by atoms with Gasteiger partial charge in [-0.05, 0) is 36.6 Å². The summed E-state index contributed by atoms with van der Waals surface area (Å²) < 4.78 is 10.6. The second kappa shape index (κ2) is 8.23. The molecular formula is C21H20O4S. The molecule has 0 aliphatic carbocycles. The third kappa shape index (κ3) is 4.35. The van der Waals surface area contributed by atoms with E-state index in [-0.39, 0.29) is 18.3 Å². The molecule has 0 radical (unpaired) electrons. The zero-order valence-corrected chi connectivity index (χ0v) is 15.6. The van der Waals surface area contributed by atoms with Gasteiger partial charge in [-0.15, -0.1) is 11.8 Å². The number of esters is 1. The molecule has 4 nitrogen and oxygen atoms in total. The number of rotatable bonds is 6. The third-order valence-electron chi connectivity index (χ3n) is 4.13. The second-order valence-corrected chi connectivity index (χ2v) is 7.01. The van der Waals surface area contributed by atoms with Gasteiger partial charge in [0.05, 0.1) is 5.75 Å². The van der Waals surface area contributed by atoms with Crippen molar-refractivity contribution in [3.05, 3.63) is 75.6 Å². The van der Waals surface area contributed by atoms with E-state index in [1.54, 1.807) is 0 Å². The largest absolute Gasteiger partial charge is 0.460 e. The molecule has 0 amide bonds. The normalized spacial score (nSPS) is 10.8. The van der Waals surface area contributed by atoms with E-state index in [4.69, 9.17) is 9.15 Å². The van der Waals surface area contributed by atoms with E-state index >= 15 is 0 Å². The zero-order chi connectivity index (χ0) is 18.5. The lowest BCUT2D eigenvalue weighted by Crippen LogP contribution is -2.09. The lowest BCUT2D eigenvalue weighted by Gasteiger charge is -2.09. The van der Waals surface area contributed by atoms with Crippen molar-refractivity contribution in [1.29, 1.82) is 0 Å². The van der Waals surface area contributed by atoms with Crippen LogP contribution < -0.4 is 5.63 Å². The molecular weight excluding hydrogens is 348 g/mol. The Labute approximate surface area is 156 Å². The second-order valence-electron chi connectivity index (χ2n) is 5.99. The summed E-state index contributed by atoms with van der Waals surface area (Å²) in [6.45, 7) is 4.10. The van der Waals surface area contributed by atoms with Gasteiger partial charge in [-0.3, -0.25) is 4.79 Å². The van der Waals surface area contributed by atoms with Gasteiger partial charge in [0.15, 0.2) is 0 Å². The van der Waals surface area contributed by atoms with E-state index in [2.05, 4.69) is 0 Å². The number of carbonyl (C=O) groups excluding carboxylic acids is 1. The van der Waals surface area contributed by atoms with Crippen molar-refractivity contribution in [2.75, 3.05) is 5.75 Å². The Hall–Kier alpha value is -2.53. The molecule has 2 aromatic carbocycles. The van der Waals surface area contributed by atoms with Gasteiger partial charge in [-0.25, -0.2) is 4.79 Å². The summed E-state index contributed by atoms with van der Waals surface area (Å²) in [5.41, 5.74) is 2.96. The fourth-order valence-electron chi connectivity index (χ4n) is 2.67. The number of fused-ring (bicyclic) bond motifs is 1. The highest BCUT2D eigenvalue weighted by molar-refractivity contribution is 8.00. The van der Waals surface area contributed by atoms with Crippen LogP contribution in [0.1, 0.15) is 23.6 Å². The van der Waals surface area contributed by atoms with E-state index in [1.165, 1.54) is 17.8 Å². The molecule has 0 saturated heterocycles. The van der Waals surface area contributed by atoms with E-state index in [1.807, 2.05) is 56.3 Å². The number of benzene rings is 2. The maximum Gasteiger partial charge on any atom is 0.336 e. The fraction of sp³-hybridized carbons (Fsp3) is 0.238. The van der Waals surface area contributed by atoms with Crippen LogP contribution in [0.15, 0.2) is 62.6 Å². The van der Waals surface area contributed by atoms with Crippen LogP contribution in [0, 0.1) is 6.92 Å². The number of hydrogen-bond acceptors (Lipinski definition) is 5. The highest BCUT2D eigenvalue weighted by atomic mass is 32.2. The predicted octanol–water partition coefficient (Wildman–Crippen LogP) is 4.50. The number of ether oxygens (including phenoxy) is 1. The number of hydrogen-bond donors (Lipinski definition) is 0. The smallest absolute Gasteiger partial charge is 0.336 e. The van der Waals surface area contributed by atoms with Crippen molar-refractivity contribution in [3.8, 4) is 0 Å². The maximum absolute atomic E-state index is 12.1. The molecule has 0 bridgehead atoms. The van der Waals surface area contributed by atoms with Crippen LogP contribution in [0.5, 0.6) is 0 Å². The Kier molecular flexibility index (Phi) is 5.78. The molecule has 1 heterocycles. The lowest BCUT2D eigenvalue weighted by atomic mass is 10.1. The highest BCUT2D eigenvalue weighted by Crippen LogP contribution is 2.23. The van der Waals surface area contributed by atoms with E-state index in [0.29, 0.717) is 11.1 Å². The van der Waals surface area contributed by atoms with E-state index in [0.717, 1.165) is 27.8 Å². The monoisotopic (exact) mass is 368 g/mol. The number of aryl methyl sites for hydroxylation is 2. The molecule has 0 fully saturated rings. The maximum atomic E-state index is 12.1. The van der Waals surface area contributed by atoms with Crippen molar-refractivity contribution in [1.82, 2.24) is 0 Å². The molecule has 0 saturated carbocycles. The predicted molar refractivity (Wildman–Crippen MR) is 104 cm³/mol. The van der Waals surface area contributed by atoms with Crippen LogP contribution in [-0.2, 0) is 22.6 Å². The van der Waals surface area contributed by atoms with Crippen LogP contribution in [0.25, 0.3) is 11.0 Å². The Morgan fingerprint density at radius 1 is 1.15 bits per heavy atom. The molecule has 0 aliphatic rings. The average molecular weight is 368 g/mol. The van der Waals surface area contributed by atoms with Gasteiger partial charge >= 0.3 is 11.6 Å². The van der Waals surface area contributed by atoms with Gasteiger partial charge in [-0.2, -0.15) is 0 Å². The van der Waals surface area contributed by atoms with Crippen LogP contribution in [0.2, 0.25) is 0 Å². The molecule has 0 aliphatic heterocycles. The Balaban J connectivity index is 1.68. The Morgan fingerprint density at radius 2 is 1.96 bits per heavy atom. The van der Waals surface area contributed by atoms with Crippen molar-refractivity contribution in [3.63, 3.8) is 0 Å². The summed E-state index contributed by atoms with van der Waals surface area (Å²) in [5, 5.41) is 0.793. The fourth-order valence-corrected chi connectivity index (χ4v) is 3.50. The molecule has 1 aromatic heterocycles. The van der Waals surface area contributed by atoms with Gasteiger partial charge in [-0.1, -0.05) is 37.3 Å². The van der Waals surface area contributed by atoms with E-state index in [9.17, 15) is 9.59 Å². The lowest BCUT2D eigenvalue weighted by molar-refractivity contribution is -0.141. The first kappa shape index (κ1) is 18.3. The first-order valence-electron chi connectivity index (χ1n) is 8.46. The number of carbonyl (C=O) groups is 1. The van der Waals surface area contributed by atoms with Gasteiger partial charge in [0.25, 0.3) is 0 Å². The van der Waals surface area contributed by atoms with Crippen molar-refractivity contribution in [2.24, 2.45) is 0 Å². The molecule has 0 unspecified atom stereocenters. The van der Waals surface area contributed by atoms with Crippen LogP contribution in [-0.4, -0.2) is 11.7 Å². The molecule has 0 spiro atoms. The summed E-state index contributed by atoms with van der Waals surface area (Å²) in [6.07, 6.45) is 0.856. The van der Waals surface area contributed by atoms with Gasteiger partial charge < -0.3 is 9.15 Å².